The van der Waals surface area contributed by atoms with Crippen molar-refractivity contribution in [2.24, 2.45) is 5.92 Å². The van der Waals surface area contributed by atoms with Gasteiger partial charge in [0.1, 0.15) is 0 Å². The Labute approximate surface area is 100 Å². The average molecular weight is 245 g/mol. The van der Waals surface area contributed by atoms with E-state index in [9.17, 15) is 9.59 Å². The Hall–Kier alpha value is -1.30. The number of carbonyl (C=O) groups excluding carboxylic acids is 1. The van der Waals surface area contributed by atoms with Gasteiger partial charge in [0.25, 0.3) is 0 Å². The van der Waals surface area contributed by atoms with E-state index in [0.717, 1.165) is 0 Å². The van der Waals surface area contributed by atoms with Crippen LogP contribution in [-0.4, -0.2) is 54.5 Å². The summed E-state index contributed by atoms with van der Waals surface area (Å²) < 4.78 is 10.1. The van der Waals surface area contributed by atoms with Crippen molar-refractivity contribution in [3.63, 3.8) is 0 Å². The van der Waals surface area contributed by atoms with E-state index < -0.39 is 18.2 Å². The Morgan fingerprint density at radius 2 is 1.94 bits per heavy atom. The summed E-state index contributed by atoms with van der Waals surface area (Å²) in [5.41, 5.74) is 0. The molecule has 6 nitrogen and oxygen atoms in total. The lowest BCUT2D eigenvalue weighted by molar-refractivity contribution is -0.148. The molecule has 1 atom stereocenters. The van der Waals surface area contributed by atoms with Crippen molar-refractivity contribution in [1.29, 1.82) is 0 Å². The molecule has 1 fully saturated rings. The molecule has 17 heavy (non-hydrogen) atoms. The molecule has 1 aliphatic rings. The fraction of sp³-hybridized carbons (Fsp3) is 0.818. The zero-order valence-corrected chi connectivity index (χ0v) is 10.2. The highest BCUT2D eigenvalue weighted by molar-refractivity contribution is 5.77. The van der Waals surface area contributed by atoms with Gasteiger partial charge in [-0.05, 0) is 12.3 Å². The predicted octanol–water partition coefficient (Wildman–Crippen LogP) is 0.954. The number of morpholine rings is 1. The lowest BCUT2D eigenvalue weighted by Gasteiger charge is -2.27. The number of aliphatic carboxylic acids is 1. The molecule has 1 N–H and O–H groups in total. The SMILES string of the molecule is CC(C)CC(OC(=O)N1CCOCC1)C(=O)O. The highest BCUT2D eigenvalue weighted by atomic mass is 16.6. The van der Waals surface area contributed by atoms with Gasteiger partial charge in [0.05, 0.1) is 13.2 Å². The van der Waals surface area contributed by atoms with Gasteiger partial charge in [-0.1, -0.05) is 13.8 Å². The molecule has 0 aromatic carbocycles. The number of carboxylic acids is 1. The van der Waals surface area contributed by atoms with Crippen LogP contribution in [0.15, 0.2) is 0 Å². The highest BCUT2D eigenvalue weighted by Crippen LogP contribution is 2.11. The number of nitrogens with zero attached hydrogens (tertiary/aromatic N) is 1. The average Bonchev–Trinajstić information content (AvgIpc) is 2.28. The first kappa shape index (κ1) is 13.8. The molecule has 1 saturated heterocycles. The molecule has 6 heteroatoms. The Bertz CT molecular complexity index is 273. The Morgan fingerprint density at radius 1 is 1.35 bits per heavy atom. The first-order chi connectivity index (χ1) is 8.00. The van der Waals surface area contributed by atoms with E-state index in [1.165, 1.54) is 4.90 Å². The number of rotatable bonds is 4. The van der Waals surface area contributed by atoms with Crippen molar-refractivity contribution < 1.29 is 24.2 Å². The highest BCUT2D eigenvalue weighted by Gasteiger charge is 2.27. The minimum absolute atomic E-state index is 0.161. The molecule has 1 heterocycles. The van der Waals surface area contributed by atoms with E-state index >= 15 is 0 Å². The van der Waals surface area contributed by atoms with Gasteiger partial charge in [-0.15, -0.1) is 0 Å². The van der Waals surface area contributed by atoms with Crippen LogP contribution in [-0.2, 0) is 14.3 Å². The molecule has 1 rings (SSSR count). The molecule has 0 aromatic heterocycles. The smallest absolute Gasteiger partial charge is 0.410 e. The zero-order valence-electron chi connectivity index (χ0n) is 10.2. The van der Waals surface area contributed by atoms with Crippen molar-refractivity contribution in [1.82, 2.24) is 4.90 Å². The van der Waals surface area contributed by atoms with Gasteiger partial charge in [-0.3, -0.25) is 0 Å². The Morgan fingerprint density at radius 3 is 2.41 bits per heavy atom. The summed E-state index contributed by atoms with van der Waals surface area (Å²) >= 11 is 0. The van der Waals surface area contributed by atoms with Gasteiger partial charge in [0, 0.05) is 13.1 Å². The van der Waals surface area contributed by atoms with Crippen molar-refractivity contribution >= 4 is 12.1 Å². The Kier molecular flexibility index (Phi) is 5.21. The van der Waals surface area contributed by atoms with Gasteiger partial charge >= 0.3 is 12.1 Å². The first-order valence-electron chi connectivity index (χ1n) is 5.76. The third kappa shape index (κ3) is 4.60. The molecule has 1 unspecified atom stereocenters. The lowest BCUT2D eigenvalue weighted by Crippen LogP contribution is -2.43. The summed E-state index contributed by atoms with van der Waals surface area (Å²) in [6.45, 7) is 5.62. The van der Waals surface area contributed by atoms with E-state index in [1.54, 1.807) is 0 Å². The van der Waals surface area contributed by atoms with Crippen LogP contribution in [0.3, 0.4) is 0 Å². The molecular formula is C11H19NO5. The van der Waals surface area contributed by atoms with Crippen LogP contribution in [0, 0.1) is 5.92 Å². The number of hydrogen-bond acceptors (Lipinski definition) is 4. The summed E-state index contributed by atoms with van der Waals surface area (Å²) in [6, 6.07) is 0. The number of carbonyl (C=O) groups is 2. The summed E-state index contributed by atoms with van der Waals surface area (Å²) in [4.78, 5) is 24.1. The van der Waals surface area contributed by atoms with E-state index in [0.29, 0.717) is 32.7 Å². The second-order valence-electron chi connectivity index (χ2n) is 4.44. The number of hydrogen-bond donors (Lipinski definition) is 1. The van der Waals surface area contributed by atoms with Crippen LogP contribution < -0.4 is 0 Å². The summed E-state index contributed by atoms with van der Waals surface area (Å²) in [6.07, 6.45) is -1.31. The number of ether oxygens (including phenoxy) is 2. The van der Waals surface area contributed by atoms with Crippen molar-refractivity contribution in [2.75, 3.05) is 26.3 Å². The van der Waals surface area contributed by atoms with Crippen LogP contribution in [0.4, 0.5) is 4.79 Å². The monoisotopic (exact) mass is 245 g/mol. The van der Waals surface area contributed by atoms with Gasteiger partial charge < -0.3 is 19.5 Å². The number of amides is 1. The first-order valence-corrected chi connectivity index (χ1v) is 5.76. The topological polar surface area (TPSA) is 76.1 Å². The van der Waals surface area contributed by atoms with Crippen molar-refractivity contribution in [2.45, 2.75) is 26.4 Å². The van der Waals surface area contributed by atoms with Gasteiger partial charge in [-0.2, -0.15) is 0 Å². The molecule has 0 spiro atoms. The quantitative estimate of drug-likeness (QED) is 0.798. The third-order valence-electron chi connectivity index (χ3n) is 2.47. The van der Waals surface area contributed by atoms with E-state index in [-0.39, 0.29) is 5.92 Å². The van der Waals surface area contributed by atoms with E-state index in [1.807, 2.05) is 13.8 Å². The van der Waals surface area contributed by atoms with Crippen LogP contribution in [0.5, 0.6) is 0 Å². The van der Waals surface area contributed by atoms with Gasteiger partial charge in [-0.25, -0.2) is 9.59 Å². The van der Waals surface area contributed by atoms with Gasteiger partial charge in [0.15, 0.2) is 0 Å². The molecule has 0 aliphatic carbocycles. The molecule has 0 bridgehead atoms. The molecule has 0 saturated carbocycles. The van der Waals surface area contributed by atoms with Crippen molar-refractivity contribution in [3.8, 4) is 0 Å². The normalized spacial score (nSPS) is 17.9. The zero-order chi connectivity index (χ0) is 12.8. The van der Waals surface area contributed by atoms with E-state index in [2.05, 4.69) is 0 Å². The van der Waals surface area contributed by atoms with Crippen LogP contribution in [0.1, 0.15) is 20.3 Å². The minimum atomic E-state index is -1.10. The molecular weight excluding hydrogens is 226 g/mol. The second-order valence-corrected chi connectivity index (χ2v) is 4.44. The van der Waals surface area contributed by atoms with E-state index in [4.69, 9.17) is 14.6 Å². The second kappa shape index (κ2) is 6.44. The summed E-state index contributed by atoms with van der Waals surface area (Å²) in [7, 11) is 0. The largest absolute Gasteiger partial charge is 0.479 e. The Balaban J connectivity index is 2.47. The molecule has 0 radical (unpaired) electrons. The maximum atomic E-state index is 11.7. The maximum absolute atomic E-state index is 11.7. The fourth-order valence-electron chi connectivity index (χ4n) is 1.57. The van der Waals surface area contributed by atoms with Crippen LogP contribution in [0.2, 0.25) is 0 Å². The molecule has 98 valence electrons. The maximum Gasteiger partial charge on any atom is 0.410 e. The lowest BCUT2D eigenvalue weighted by atomic mass is 10.1. The standard InChI is InChI=1S/C11H19NO5/c1-8(2)7-9(10(13)14)17-11(15)12-3-5-16-6-4-12/h8-9H,3-7H2,1-2H3,(H,13,14). The van der Waals surface area contributed by atoms with Crippen LogP contribution >= 0.6 is 0 Å². The predicted molar refractivity (Wildman–Crippen MR) is 59.8 cm³/mol. The molecule has 1 aliphatic heterocycles. The molecule has 1 amide bonds. The summed E-state index contributed by atoms with van der Waals surface area (Å²) in [5.74, 6) is -0.936. The minimum Gasteiger partial charge on any atom is -0.479 e. The fourth-order valence-corrected chi connectivity index (χ4v) is 1.57. The summed E-state index contributed by atoms with van der Waals surface area (Å²) in [5, 5.41) is 8.95. The van der Waals surface area contributed by atoms with Gasteiger partial charge in [0.2, 0.25) is 6.10 Å². The van der Waals surface area contributed by atoms with Crippen molar-refractivity contribution in [3.05, 3.63) is 0 Å². The number of carboxylic acid groups (broad SMARTS) is 1. The van der Waals surface area contributed by atoms with Crippen LogP contribution in [0.25, 0.3) is 0 Å². The molecule has 0 aromatic rings. The third-order valence-corrected chi connectivity index (χ3v) is 2.47.